The third kappa shape index (κ3) is 2.40. The summed E-state index contributed by atoms with van der Waals surface area (Å²) in [7, 11) is 0. The summed E-state index contributed by atoms with van der Waals surface area (Å²) >= 11 is 0. The monoisotopic (exact) mass is 199 g/mol. The molecule has 0 saturated heterocycles. The number of rotatable bonds is 0. The van der Waals surface area contributed by atoms with Gasteiger partial charge in [0.2, 0.25) is 0 Å². The lowest BCUT2D eigenvalue weighted by molar-refractivity contribution is 0.823. The number of hydrogen-bond donors (Lipinski definition) is 1. The number of nitrogens with one attached hydrogen (secondary N) is 1. The second-order valence-corrected chi connectivity index (χ2v) is 2.39. The quantitative estimate of drug-likeness (QED) is 0.576. The van der Waals surface area contributed by atoms with Crippen LogP contribution in [0.1, 0.15) is 0 Å². The van der Waals surface area contributed by atoms with E-state index in [0.29, 0.717) is 0 Å². The molecule has 78 valence electrons. The van der Waals surface area contributed by atoms with Gasteiger partial charge in [-0.2, -0.15) is 0 Å². The van der Waals surface area contributed by atoms with Gasteiger partial charge >= 0.3 is 0 Å². The minimum absolute atomic E-state index is 0. The molecule has 7 N–H and O–H groups in total. The van der Waals surface area contributed by atoms with Crippen LogP contribution in [-0.4, -0.2) is 21.4 Å². The molecule has 0 radical (unpaired) electrons. The molecule has 0 saturated carbocycles. The van der Waals surface area contributed by atoms with Crippen molar-refractivity contribution < 1.29 is 16.4 Å². The van der Waals surface area contributed by atoms with E-state index in [-0.39, 0.29) is 21.9 Å². The Labute approximate surface area is 79.9 Å². The molecule has 1 aromatic heterocycles. The summed E-state index contributed by atoms with van der Waals surface area (Å²) in [6.45, 7) is 0. The summed E-state index contributed by atoms with van der Waals surface area (Å²) < 4.78 is 0. The molecular weight excluding hydrogens is 186 g/mol. The summed E-state index contributed by atoms with van der Waals surface area (Å²) in [6, 6.07) is 8.99. The molecule has 0 amide bonds. The highest BCUT2D eigenvalue weighted by atomic mass is 16.1. The smallest absolute Gasteiger partial charge is 0.189 e. The van der Waals surface area contributed by atoms with Gasteiger partial charge in [0.05, 0.1) is 0 Å². The molecule has 5 heteroatoms. The summed E-state index contributed by atoms with van der Waals surface area (Å²) in [5.41, 5.74) is 0.958. The maximum atomic E-state index is 11.2. The van der Waals surface area contributed by atoms with Gasteiger partial charge in [-0.1, -0.05) is 12.1 Å². The lowest BCUT2D eigenvalue weighted by Crippen LogP contribution is -1.98. The number of H-pyrrole nitrogens is 1. The van der Waals surface area contributed by atoms with Crippen LogP contribution in [0, 0.1) is 0 Å². The first-order valence-corrected chi connectivity index (χ1v) is 3.44. The number of hydrogen-bond acceptors (Lipinski definition) is 1. The Kier molecular flexibility index (Phi) is 6.21. The zero-order chi connectivity index (χ0) is 7.68. The molecule has 0 atom stereocenters. The van der Waals surface area contributed by atoms with Crippen LogP contribution in [0.25, 0.3) is 10.9 Å². The summed E-state index contributed by atoms with van der Waals surface area (Å²) in [6.07, 6.45) is 1.66. The summed E-state index contributed by atoms with van der Waals surface area (Å²) in [5, 5.41) is 0.745. The lowest BCUT2D eigenvalue weighted by atomic mass is 10.2. The van der Waals surface area contributed by atoms with E-state index in [4.69, 9.17) is 0 Å². The molecule has 14 heavy (non-hydrogen) atoms. The highest BCUT2D eigenvalue weighted by molar-refractivity contribution is 5.77. The van der Waals surface area contributed by atoms with Crippen molar-refractivity contribution in [2.24, 2.45) is 0 Å². The van der Waals surface area contributed by atoms with Gasteiger partial charge in [-0.05, 0) is 12.1 Å². The van der Waals surface area contributed by atoms with Gasteiger partial charge < -0.3 is 21.4 Å². The molecule has 1 heterocycles. The van der Waals surface area contributed by atoms with E-state index in [0.717, 1.165) is 10.9 Å². The third-order valence-corrected chi connectivity index (χ3v) is 1.67. The van der Waals surface area contributed by atoms with Crippen molar-refractivity contribution in [3.63, 3.8) is 0 Å². The number of aromatic amines is 1. The van der Waals surface area contributed by atoms with Crippen molar-refractivity contribution in [1.82, 2.24) is 4.98 Å². The number of aromatic nitrogens is 1. The molecule has 0 aliphatic heterocycles. The Morgan fingerprint density at radius 2 is 1.57 bits per heavy atom. The summed E-state index contributed by atoms with van der Waals surface area (Å²) in [4.78, 5) is 14.2. The Bertz CT molecular complexity index is 433. The molecule has 0 fully saturated rings. The number of pyridine rings is 1. The Morgan fingerprint density at radius 1 is 0.929 bits per heavy atom. The van der Waals surface area contributed by atoms with E-state index in [1.165, 1.54) is 6.07 Å². The molecular formula is C9H13NO4. The van der Waals surface area contributed by atoms with Crippen molar-refractivity contribution in [2.75, 3.05) is 0 Å². The van der Waals surface area contributed by atoms with Crippen molar-refractivity contribution in [3.8, 4) is 0 Å². The fourth-order valence-electron chi connectivity index (χ4n) is 1.12. The molecule has 5 nitrogen and oxygen atoms in total. The predicted octanol–water partition coefficient (Wildman–Crippen LogP) is -0.946. The Morgan fingerprint density at radius 3 is 2.21 bits per heavy atom. The van der Waals surface area contributed by atoms with Crippen LogP contribution in [0.5, 0.6) is 0 Å². The minimum atomic E-state index is 0. The normalized spacial score (nSPS) is 8.00. The van der Waals surface area contributed by atoms with Gasteiger partial charge in [-0.25, -0.2) is 0 Å². The first kappa shape index (κ1) is 14.8. The highest BCUT2D eigenvalue weighted by Crippen LogP contribution is 2.03. The van der Waals surface area contributed by atoms with Crippen LogP contribution in [-0.2, 0) is 0 Å². The first-order valence-electron chi connectivity index (χ1n) is 3.44. The van der Waals surface area contributed by atoms with Gasteiger partial charge in [0.15, 0.2) is 5.43 Å². The van der Waals surface area contributed by atoms with Crippen LogP contribution in [0.4, 0.5) is 0 Å². The van der Waals surface area contributed by atoms with Crippen LogP contribution in [0.15, 0.2) is 41.3 Å². The fraction of sp³-hybridized carbons (Fsp3) is 0. The van der Waals surface area contributed by atoms with Crippen LogP contribution < -0.4 is 5.43 Å². The Balaban J connectivity index is 0. The molecule has 2 aromatic rings. The SMILES string of the molecule is O.O.O.O=c1cc[nH]c2ccccc12. The van der Waals surface area contributed by atoms with Gasteiger partial charge in [0.25, 0.3) is 0 Å². The molecule has 0 spiro atoms. The standard InChI is InChI=1S/C9H7NO.3H2O/c11-9-5-6-10-8-4-2-1-3-7(8)9;;;/h1-6H,(H,10,11);3*1H2. The molecule has 1 aromatic carbocycles. The molecule has 0 unspecified atom stereocenters. The van der Waals surface area contributed by atoms with E-state index >= 15 is 0 Å². The lowest BCUT2D eigenvalue weighted by Gasteiger charge is -1.92. The number of benzene rings is 1. The molecule has 2 rings (SSSR count). The largest absolute Gasteiger partial charge is 0.412 e. The van der Waals surface area contributed by atoms with Crippen molar-refractivity contribution in [3.05, 3.63) is 46.8 Å². The third-order valence-electron chi connectivity index (χ3n) is 1.67. The average molecular weight is 199 g/mol. The molecule has 0 aliphatic carbocycles. The molecule has 0 aliphatic rings. The van der Waals surface area contributed by atoms with Gasteiger partial charge in [0.1, 0.15) is 0 Å². The minimum Gasteiger partial charge on any atom is -0.412 e. The Hall–Kier alpha value is -1.69. The maximum absolute atomic E-state index is 11.2. The van der Waals surface area contributed by atoms with Crippen LogP contribution in [0.3, 0.4) is 0 Å². The maximum Gasteiger partial charge on any atom is 0.189 e. The van der Waals surface area contributed by atoms with Gasteiger partial charge in [0, 0.05) is 23.2 Å². The highest BCUT2D eigenvalue weighted by Gasteiger charge is 1.92. The second-order valence-electron chi connectivity index (χ2n) is 2.39. The van der Waals surface area contributed by atoms with Crippen LogP contribution >= 0.6 is 0 Å². The van der Waals surface area contributed by atoms with E-state index < -0.39 is 0 Å². The number of para-hydroxylation sites is 1. The van der Waals surface area contributed by atoms with E-state index in [1.807, 2.05) is 24.3 Å². The van der Waals surface area contributed by atoms with Crippen LogP contribution in [0.2, 0.25) is 0 Å². The van der Waals surface area contributed by atoms with E-state index in [1.54, 1.807) is 6.20 Å². The topological polar surface area (TPSA) is 127 Å². The first-order chi connectivity index (χ1) is 5.38. The van der Waals surface area contributed by atoms with Gasteiger partial charge in [-0.15, -0.1) is 0 Å². The van der Waals surface area contributed by atoms with E-state index in [9.17, 15) is 4.79 Å². The zero-order valence-corrected chi connectivity index (χ0v) is 7.37. The second kappa shape index (κ2) is 5.87. The zero-order valence-electron chi connectivity index (χ0n) is 7.37. The van der Waals surface area contributed by atoms with E-state index in [2.05, 4.69) is 4.98 Å². The predicted molar refractivity (Wildman–Crippen MR) is 55.4 cm³/mol. The van der Waals surface area contributed by atoms with Gasteiger partial charge in [-0.3, -0.25) is 4.79 Å². The number of fused-ring (bicyclic) bond motifs is 1. The molecule has 0 bridgehead atoms. The van der Waals surface area contributed by atoms with Crippen molar-refractivity contribution in [1.29, 1.82) is 0 Å². The van der Waals surface area contributed by atoms with Crippen molar-refractivity contribution >= 4 is 10.9 Å². The van der Waals surface area contributed by atoms with Crippen molar-refractivity contribution in [2.45, 2.75) is 0 Å². The summed E-state index contributed by atoms with van der Waals surface area (Å²) in [5.74, 6) is 0. The average Bonchev–Trinajstić information content (AvgIpc) is 2.06. The fourth-order valence-corrected chi connectivity index (χ4v) is 1.12.